The Hall–Kier alpha value is -4.78. The number of amides is 4. The van der Waals surface area contributed by atoms with E-state index in [9.17, 15) is 24.3 Å². The van der Waals surface area contributed by atoms with Gasteiger partial charge in [0.05, 0.1) is 36.1 Å². The average molecular weight is 677 g/mol. The van der Waals surface area contributed by atoms with E-state index in [-0.39, 0.29) is 43.6 Å². The van der Waals surface area contributed by atoms with Gasteiger partial charge in [0, 0.05) is 36.8 Å². The number of aliphatic hydroxyl groups excluding tert-OH is 1. The molecule has 4 N–H and O–H groups in total. The minimum Gasteiger partial charge on any atom is -0.444 e. The van der Waals surface area contributed by atoms with Crippen molar-refractivity contribution in [2.24, 2.45) is 4.99 Å². The summed E-state index contributed by atoms with van der Waals surface area (Å²) in [5.74, 6) is -0.346. The molecule has 1 aromatic carbocycles. The molecule has 264 valence electrons. The van der Waals surface area contributed by atoms with Gasteiger partial charge in [-0.05, 0) is 90.1 Å². The number of ether oxygens (including phenoxy) is 2. The molecule has 2 aromatic rings. The van der Waals surface area contributed by atoms with Gasteiger partial charge in [-0.25, -0.2) is 14.6 Å². The molecule has 1 fully saturated rings. The van der Waals surface area contributed by atoms with Crippen LogP contribution in [0.25, 0.3) is 6.08 Å². The number of benzene rings is 1. The van der Waals surface area contributed by atoms with Gasteiger partial charge in [-0.1, -0.05) is 19.1 Å². The Labute approximate surface area is 287 Å². The van der Waals surface area contributed by atoms with E-state index in [0.29, 0.717) is 41.0 Å². The number of hydrogen-bond acceptors (Lipinski definition) is 9. The topological polar surface area (TPSA) is 172 Å². The molecule has 1 aliphatic carbocycles. The first-order valence-electron chi connectivity index (χ1n) is 16.6. The van der Waals surface area contributed by atoms with E-state index in [1.807, 2.05) is 6.92 Å². The zero-order chi connectivity index (χ0) is 36.0. The number of fused-ring (bicyclic) bond motifs is 1. The number of carbonyl (C=O) groups is 4. The van der Waals surface area contributed by atoms with Gasteiger partial charge in [0.1, 0.15) is 17.0 Å². The van der Waals surface area contributed by atoms with Gasteiger partial charge in [-0.2, -0.15) is 0 Å². The molecule has 1 saturated carbocycles. The Morgan fingerprint density at radius 3 is 2.27 bits per heavy atom. The van der Waals surface area contributed by atoms with Crippen LogP contribution >= 0.6 is 0 Å². The number of anilines is 1. The van der Waals surface area contributed by atoms with Crippen molar-refractivity contribution in [2.45, 2.75) is 97.3 Å². The van der Waals surface area contributed by atoms with Crippen molar-refractivity contribution in [3.05, 3.63) is 58.9 Å². The summed E-state index contributed by atoms with van der Waals surface area (Å²) >= 11 is 0. The summed E-state index contributed by atoms with van der Waals surface area (Å²) in [4.78, 5) is 62.4. The number of aliphatic imine (C=N–C) groups is 1. The van der Waals surface area contributed by atoms with Crippen LogP contribution in [0.5, 0.6) is 0 Å². The van der Waals surface area contributed by atoms with Gasteiger partial charge in [0.2, 0.25) is 11.8 Å². The van der Waals surface area contributed by atoms with Crippen molar-refractivity contribution in [3.8, 4) is 0 Å². The zero-order valence-corrected chi connectivity index (χ0v) is 29.4. The molecule has 1 aliphatic heterocycles. The lowest BCUT2D eigenvalue weighted by atomic mass is 10.0. The number of aliphatic hydroxyl groups is 1. The van der Waals surface area contributed by atoms with E-state index >= 15 is 0 Å². The van der Waals surface area contributed by atoms with Gasteiger partial charge in [0.25, 0.3) is 0 Å². The Morgan fingerprint density at radius 2 is 1.63 bits per heavy atom. The molecule has 4 rings (SSSR count). The van der Waals surface area contributed by atoms with Gasteiger partial charge >= 0.3 is 12.2 Å². The largest absolute Gasteiger partial charge is 0.444 e. The number of amidine groups is 1. The predicted octanol–water partition coefficient (Wildman–Crippen LogP) is 5.35. The van der Waals surface area contributed by atoms with Crippen molar-refractivity contribution in [2.75, 3.05) is 25.0 Å². The molecule has 13 nitrogen and oxygen atoms in total. The van der Waals surface area contributed by atoms with Crippen molar-refractivity contribution in [3.63, 3.8) is 0 Å². The summed E-state index contributed by atoms with van der Waals surface area (Å²) in [5.41, 5.74) is 1.45. The Balaban J connectivity index is 1.53. The number of hydrogen-bond donors (Lipinski definition) is 4. The fourth-order valence-corrected chi connectivity index (χ4v) is 5.33. The number of nitrogens with one attached hydrogen (secondary N) is 3. The minimum atomic E-state index is -0.746. The number of aromatic nitrogens is 1. The monoisotopic (exact) mass is 676 g/mol. The van der Waals surface area contributed by atoms with Gasteiger partial charge < -0.3 is 30.1 Å². The molecule has 4 amide bonds. The summed E-state index contributed by atoms with van der Waals surface area (Å²) < 4.78 is 10.9. The highest BCUT2D eigenvalue weighted by Gasteiger charge is 2.47. The van der Waals surface area contributed by atoms with E-state index in [1.54, 1.807) is 89.2 Å². The maximum atomic E-state index is 13.5. The molecular formula is C36H48N6O7. The number of carbonyl (C=O) groups excluding carboxylic acids is 4. The lowest BCUT2D eigenvalue weighted by Gasteiger charge is -2.23. The van der Waals surface area contributed by atoms with Crippen molar-refractivity contribution in [1.29, 1.82) is 0 Å². The maximum absolute atomic E-state index is 13.5. The van der Waals surface area contributed by atoms with Crippen LogP contribution in [0.15, 0.2) is 47.2 Å². The summed E-state index contributed by atoms with van der Waals surface area (Å²) in [6.45, 7) is 13.1. The van der Waals surface area contributed by atoms with Crippen LogP contribution in [0.4, 0.5) is 21.0 Å². The third kappa shape index (κ3) is 10.9. The van der Waals surface area contributed by atoms with Crippen LogP contribution in [-0.2, 0) is 31.0 Å². The second-order valence-corrected chi connectivity index (χ2v) is 14.3. The van der Waals surface area contributed by atoms with E-state index in [0.717, 1.165) is 18.4 Å². The number of pyridine rings is 1. The number of alkyl carbamates (subject to hydrolysis) is 2. The fraction of sp³-hybridized carbons (Fsp3) is 0.500. The molecule has 0 unspecified atom stereocenters. The van der Waals surface area contributed by atoms with Gasteiger partial charge in [0.15, 0.2) is 0 Å². The quantitative estimate of drug-likeness (QED) is 0.261. The molecule has 13 heteroatoms. The molecule has 0 saturated heterocycles. The fourth-order valence-electron chi connectivity index (χ4n) is 5.33. The lowest BCUT2D eigenvalue weighted by molar-refractivity contribution is -0.127. The Kier molecular flexibility index (Phi) is 11.5. The van der Waals surface area contributed by atoms with Crippen molar-refractivity contribution in [1.82, 2.24) is 20.5 Å². The summed E-state index contributed by atoms with van der Waals surface area (Å²) in [7, 11) is 0. The third-order valence-corrected chi connectivity index (χ3v) is 7.54. The molecule has 0 bridgehead atoms. The lowest BCUT2D eigenvalue weighted by Crippen LogP contribution is -2.39. The van der Waals surface area contributed by atoms with Crippen LogP contribution in [0.2, 0.25) is 0 Å². The first-order chi connectivity index (χ1) is 23.0. The van der Waals surface area contributed by atoms with E-state index < -0.39 is 28.9 Å². The van der Waals surface area contributed by atoms with Crippen molar-refractivity contribution >= 4 is 47.3 Å². The van der Waals surface area contributed by atoms with E-state index in [4.69, 9.17) is 9.47 Å². The third-order valence-electron chi connectivity index (χ3n) is 7.54. The summed E-state index contributed by atoms with van der Waals surface area (Å²) in [5, 5.41) is 18.1. The molecule has 1 aromatic heterocycles. The normalized spacial score (nSPS) is 15.0. The van der Waals surface area contributed by atoms with Crippen molar-refractivity contribution < 1.29 is 33.8 Å². The summed E-state index contributed by atoms with van der Waals surface area (Å²) in [6.07, 6.45) is 5.94. The van der Waals surface area contributed by atoms with Crippen LogP contribution in [0.1, 0.15) is 90.8 Å². The second-order valence-electron chi connectivity index (χ2n) is 14.3. The molecule has 2 aliphatic rings. The van der Waals surface area contributed by atoms with Crippen LogP contribution in [0.3, 0.4) is 0 Å². The van der Waals surface area contributed by atoms with E-state index in [2.05, 4.69) is 25.9 Å². The molecular weight excluding hydrogens is 628 g/mol. The predicted molar refractivity (Wildman–Crippen MR) is 186 cm³/mol. The van der Waals surface area contributed by atoms with Crippen LogP contribution in [0, 0.1) is 0 Å². The Morgan fingerprint density at radius 1 is 0.939 bits per heavy atom. The maximum Gasteiger partial charge on any atom is 0.413 e. The molecule has 2 heterocycles. The Bertz CT molecular complexity index is 1630. The molecule has 0 atom stereocenters. The molecule has 49 heavy (non-hydrogen) atoms. The highest BCUT2D eigenvalue weighted by Crippen LogP contribution is 2.46. The first-order valence-corrected chi connectivity index (χ1v) is 16.6. The molecule has 0 radical (unpaired) electrons. The SMILES string of the molecule is CCCN(CCO)C(=O)C1=Cc2ccc(CC(=O)Nc3cncc(C4(NC(=O)OC(C)(C)C)CC4)c3)cc2N=C(NC(=O)OC(C)(C)C)C1. The molecule has 0 spiro atoms. The highest BCUT2D eigenvalue weighted by molar-refractivity contribution is 6.08. The van der Waals surface area contributed by atoms with Gasteiger partial charge in [-0.3, -0.25) is 19.9 Å². The summed E-state index contributed by atoms with van der Waals surface area (Å²) in [6, 6.07) is 7.11. The minimum absolute atomic E-state index is 0.0133. The van der Waals surface area contributed by atoms with Crippen LogP contribution < -0.4 is 16.0 Å². The zero-order valence-electron chi connectivity index (χ0n) is 29.4. The van der Waals surface area contributed by atoms with Crippen LogP contribution in [-0.4, -0.2) is 75.7 Å². The van der Waals surface area contributed by atoms with Gasteiger partial charge in [-0.15, -0.1) is 0 Å². The standard InChI is InChI=1S/C36H48N6O7/c1-8-13-42(14-15-43)31(45)25-18-24-10-9-23(16-28(24)39-29(19-25)40-32(46)48-34(2,3)4)17-30(44)38-27-20-26(21-37-22-27)36(11-12-36)41-33(47)49-35(5,6)7/h9-10,16,18,20-22,43H,8,11-15,17,19H2,1-7H3,(H,38,44)(H,41,47)(H,39,40,46). The number of nitrogens with zero attached hydrogens (tertiary/aromatic N) is 3. The average Bonchev–Trinajstić information content (AvgIpc) is 3.78. The second kappa shape index (κ2) is 15.2. The first kappa shape index (κ1) is 37.0. The number of rotatable bonds is 10. The smallest absolute Gasteiger partial charge is 0.413 e. The highest BCUT2D eigenvalue weighted by atomic mass is 16.6. The van der Waals surface area contributed by atoms with E-state index in [1.165, 1.54) is 0 Å².